The quantitative estimate of drug-likeness (QED) is 0.608. The molecule has 3 rings (SSSR count). The van der Waals surface area contributed by atoms with Gasteiger partial charge in [0.25, 0.3) is 5.91 Å². The number of thioether (sulfide) groups is 1. The van der Waals surface area contributed by atoms with Crippen molar-refractivity contribution in [2.24, 2.45) is 0 Å². The van der Waals surface area contributed by atoms with Gasteiger partial charge in [-0.25, -0.2) is 8.42 Å². The van der Waals surface area contributed by atoms with Crippen molar-refractivity contribution in [3.05, 3.63) is 52.5 Å². The van der Waals surface area contributed by atoms with Gasteiger partial charge in [-0.2, -0.15) is 4.31 Å². The second-order valence-corrected chi connectivity index (χ2v) is 9.95. The molecule has 1 aliphatic heterocycles. The third kappa shape index (κ3) is 4.37. The van der Waals surface area contributed by atoms with E-state index in [1.54, 1.807) is 54.1 Å². The molecule has 2 aromatic rings. The van der Waals surface area contributed by atoms with E-state index in [9.17, 15) is 13.2 Å². The average molecular weight is 485 g/mol. The van der Waals surface area contributed by atoms with Crippen LogP contribution in [0.2, 0.25) is 0 Å². The fourth-order valence-electron chi connectivity index (χ4n) is 3.03. The Bertz CT molecular complexity index is 956. The lowest BCUT2D eigenvalue weighted by molar-refractivity contribution is 0.0694. The molecule has 1 heterocycles. The number of carbonyl (C=O) groups excluding carboxylic acids is 1. The van der Waals surface area contributed by atoms with Gasteiger partial charge >= 0.3 is 0 Å². The van der Waals surface area contributed by atoms with Crippen LogP contribution in [-0.2, 0) is 10.0 Å². The van der Waals surface area contributed by atoms with E-state index in [1.807, 2.05) is 18.4 Å². The molecule has 0 unspecified atom stereocenters. The summed E-state index contributed by atoms with van der Waals surface area (Å²) in [6, 6.07) is 12.1. The highest BCUT2D eigenvalue weighted by molar-refractivity contribution is 9.10. The maximum absolute atomic E-state index is 12.9. The first-order valence-corrected chi connectivity index (χ1v) is 12.1. The molecule has 1 aliphatic rings. The van der Waals surface area contributed by atoms with E-state index in [-0.39, 0.29) is 23.9 Å². The van der Waals surface area contributed by atoms with E-state index < -0.39 is 10.0 Å². The normalized spacial score (nSPS) is 15.5. The van der Waals surface area contributed by atoms with E-state index in [1.165, 1.54) is 4.31 Å². The van der Waals surface area contributed by atoms with Gasteiger partial charge in [-0.05, 0) is 48.7 Å². The van der Waals surface area contributed by atoms with E-state index in [0.717, 1.165) is 9.37 Å². The standard InChI is InChI=1S/C19H21BrN2O4S2/c1-26-18-13-15(27-2)5-8-17(18)19(23)21-9-11-22(12-10-21)28(24,25)16-6-3-14(20)4-7-16/h3-8,13H,9-12H2,1-2H3. The molecule has 0 N–H and O–H groups in total. The summed E-state index contributed by atoms with van der Waals surface area (Å²) in [7, 11) is -2.03. The highest BCUT2D eigenvalue weighted by Crippen LogP contribution is 2.27. The summed E-state index contributed by atoms with van der Waals surface area (Å²) >= 11 is 4.89. The van der Waals surface area contributed by atoms with Crippen LogP contribution < -0.4 is 4.74 Å². The minimum absolute atomic E-state index is 0.148. The van der Waals surface area contributed by atoms with Crippen LogP contribution in [0, 0.1) is 0 Å². The van der Waals surface area contributed by atoms with Crippen LogP contribution in [0.3, 0.4) is 0 Å². The monoisotopic (exact) mass is 484 g/mol. The van der Waals surface area contributed by atoms with Crippen LogP contribution >= 0.6 is 27.7 Å². The number of carbonyl (C=O) groups is 1. The fourth-order valence-corrected chi connectivity index (χ4v) is 5.15. The van der Waals surface area contributed by atoms with Gasteiger partial charge < -0.3 is 9.64 Å². The average Bonchev–Trinajstić information content (AvgIpc) is 2.73. The molecule has 2 aromatic carbocycles. The molecular formula is C19H21BrN2O4S2. The lowest BCUT2D eigenvalue weighted by atomic mass is 10.1. The van der Waals surface area contributed by atoms with Gasteiger partial charge in [-0.15, -0.1) is 11.8 Å². The van der Waals surface area contributed by atoms with E-state index >= 15 is 0 Å². The van der Waals surface area contributed by atoms with Gasteiger partial charge in [-0.3, -0.25) is 4.79 Å². The number of hydrogen-bond donors (Lipinski definition) is 0. The van der Waals surface area contributed by atoms with Crippen molar-refractivity contribution in [1.82, 2.24) is 9.21 Å². The highest BCUT2D eigenvalue weighted by Gasteiger charge is 2.31. The maximum atomic E-state index is 12.9. The van der Waals surface area contributed by atoms with E-state index in [4.69, 9.17) is 4.74 Å². The van der Waals surface area contributed by atoms with Gasteiger partial charge in [0, 0.05) is 35.5 Å². The summed E-state index contributed by atoms with van der Waals surface area (Å²) in [4.78, 5) is 15.8. The first-order chi connectivity index (χ1) is 13.4. The summed E-state index contributed by atoms with van der Waals surface area (Å²) in [5, 5.41) is 0. The lowest BCUT2D eigenvalue weighted by Gasteiger charge is -2.34. The molecule has 0 saturated carbocycles. The molecule has 9 heteroatoms. The number of benzene rings is 2. The third-order valence-electron chi connectivity index (χ3n) is 4.62. The van der Waals surface area contributed by atoms with Gasteiger partial charge in [0.05, 0.1) is 17.6 Å². The van der Waals surface area contributed by atoms with Crippen molar-refractivity contribution < 1.29 is 17.9 Å². The Morgan fingerprint density at radius 1 is 1.07 bits per heavy atom. The predicted octanol–water partition coefficient (Wildman–Crippen LogP) is 3.33. The van der Waals surface area contributed by atoms with Crippen LogP contribution in [-0.4, -0.2) is 63.1 Å². The van der Waals surface area contributed by atoms with E-state index in [2.05, 4.69) is 15.9 Å². The molecule has 150 valence electrons. The number of ether oxygens (including phenoxy) is 1. The number of amides is 1. The summed E-state index contributed by atoms with van der Waals surface area (Å²) in [6.45, 7) is 1.19. The molecule has 6 nitrogen and oxygen atoms in total. The van der Waals surface area contributed by atoms with Crippen LogP contribution in [0.15, 0.2) is 56.7 Å². The number of rotatable bonds is 5. The SMILES string of the molecule is COc1cc(SC)ccc1C(=O)N1CCN(S(=O)(=O)c2ccc(Br)cc2)CC1. The number of sulfonamides is 1. The van der Waals surface area contributed by atoms with Crippen molar-refractivity contribution >= 4 is 43.6 Å². The molecule has 0 aromatic heterocycles. The lowest BCUT2D eigenvalue weighted by Crippen LogP contribution is -2.50. The van der Waals surface area contributed by atoms with Gasteiger partial charge in [-0.1, -0.05) is 15.9 Å². The molecule has 1 amide bonds. The fraction of sp³-hybridized carbons (Fsp3) is 0.316. The summed E-state index contributed by atoms with van der Waals surface area (Å²) in [5.74, 6) is 0.381. The Kier molecular flexibility index (Phi) is 6.69. The first-order valence-electron chi connectivity index (χ1n) is 8.64. The molecule has 0 aliphatic carbocycles. The Labute approximate surface area is 178 Å². The van der Waals surface area contributed by atoms with Crippen molar-refractivity contribution in [3.8, 4) is 5.75 Å². The second kappa shape index (κ2) is 8.86. The first kappa shape index (κ1) is 21.2. The van der Waals surface area contributed by atoms with Crippen LogP contribution in [0.1, 0.15) is 10.4 Å². The summed E-state index contributed by atoms with van der Waals surface area (Å²) in [6.07, 6.45) is 1.96. The molecule has 0 atom stereocenters. The Morgan fingerprint density at radius 3 is 2.29 bits per heavy atom. The molecule has 0 bridgehead atoms. The van der Waals surface area contributed by atoms with Crippen molar-refractivity contribution in [2.45, 2.75) is 9.79 Å². The highest BCUT2D eigenvalue weighted by atomic mass is 79.9. The number of methoxy groups -OCH3 is 1. The van der Waals surface area contributed by atoms with E-state index in [0.29, 0.717) is 24.4 Å². The maximum Gasteiger partial charge on any atom is 0.257 e. The van der Waals surface area contributed by atoms with Crippen LogP contribution in [0.25, 0.3) is 0 Å². The van der Waals surface area contributed by atoms with Crippen molar-refractivity contribution in [1.29, 1.82) is 0 Å². The Morgan fingerprint density at radius 2 is 1.71 bits per heavy atom. The molecule has 1 saturated heterocycles. The number of piperazine rings is 1. The summed E-state index contributed by atoms with van der Waals surface area (Å²) in [5.41, 5.74) is 0.490. The van der Waals surface area contributed by atoms with Crippen LogP contribution in [0.5, 0.6) is 5.75 Å². The predicted molar refractivity (Wildman–Crippen MR) is 114 cm³/mol. The van der Waals surface area contributed by atoms with Gasteiger partial charge in [0.2, 0.25) is 10.0 Å². The Balaban J connectivity index is 1.71. The van der Waals surface area contributed by atoms with Crippen molar-refractivity contribution in [3.63, 3.8) is 0 Å². The third-order valence-corrected chi connectivity index (χ3v) is 7.78. The molecule has 0 radical (unpaired) electrons. The zero-order chi connectivity index (χ0) is 20.3. The molecule has 28 heavy (non-hydrogen) atoms. The molecule has 1 fully saturated rings. The molecule has 0 spiro atoms. The number of halogens is 1. The minimum atomic E-state index is -3.57. The Hall–Kier alpha value is -1.55. The largest absolute Gasteiger partial charge is 0.496 e. The number of hydrogen-bond acceptors (Lipinski definition) is 5. The summed E-state index contributed by atoms with van der Waals surface area (Å²) < 4.78 is 33.2. The van der Waals surface area contributed by atoms with Crippen LogP contribution in [0.4, 0.5) is 0 Å². The number of nitrogens with zero attached hydrogens (tertiary/aromatic N) is 2. The second-order valence-electron chi connectivity index (χ2n) is 6.22. The smallest absolute Gasteiger partial charge is 0.257 e. The van der Waals surface area contributed by atoms with Gasteiger partial charge in [0.15, 0.2) is 0 Å². The topological polar surface area (TPSA) is 66.9 Å². The molecular weight excluding hydrogens is 464 g/mol. The zero-order valence-electron chi connectivity index (χ0n) is 15.6. The van der Waals surface area contributed by atoms with Crippen molar-refractivity contribution in [2.75, 3.05) is 39.5 Å². The zero-order valence-corrected chi connectivity index (χ0v) is 18.8. The minimum Gasteiger partial charge on any atom is -0.496 e. The van der Waals surface area contributed by atoms with Gasteiger partial charge in [0.1, 0.15) is 5.75 Å².